The molecule has 1 aliphatic heterocycles. The molecule has 1 fully saturated rings. The Hall–Kier alpha value is -0.420. The highest BCUT2D eigenvalue weighted by Gasteiger charge is 2.24. The largest absolute Gasteiger partial charge is 0.312 e. The molecule has 1 N–H and O–H groups in total. The fraction of sp³-hybridized carbons (Fsp3) is 0.857. The van der Waals surface area contributed by atoms with Gasteiger partial charge in [-0.1, -0.05) is 0 Å². The Morgan fingerprint density at radius 3 is 2.75 bits per heavy atom. The molecule has 1 saturated heterocycles. The third-order valence-corrected chi connectivity index (χ3v) is 3.57. The zero-order chi connectivity index (χ0) is 9.19. The van der Waals surface area contributed by atoms with E-state index in [1.54, 1.807) is 0 Å². The first-order valence-electron chi connectivity index (χ1n) is 3.93. The van der Waals surface area contributed by atoms with E-state index in [0.29, 0.717) is 13.0 Å². The highest BCUT2D eigenvalue weighted by Crippen LogP contribution is 2.04. The topological polar surface area (TPSA) is 63.2 Å². The van der Waals surface area contributed by atoms with Gasteiger partial charge in [0.15, 0.2) is 9.84 Å². The molecule has 1 rings (SSSR count). The monoisotopic (exact) mass is 191 g/mol. The van der Waals surface area contributed by atoms with Crippen LogP contribution in [0.2, 0.25) is 0 Å². The van der Waals surface area contributed by atoms with Crippen molar-refractivity contribution in [2.24, 2.45) is 0 Å². The van der Waals surface area contributed by atoms with Gasteiger partial charge in [0.25, 0.3) is 0 Å². The van der Waals surface area contributed by atoms with E-state index in [2.05, 4.69) is 5.32 Å². The van der Waals surface area contributed by atoms with Gasteiger partial charge < -0.3 is 5.32 Å². The van der Waals surface area contributed by atoms with Gasteiger partial charge >= 0.3 is 0 Å². The van der Waals surface area contributed by atoms with Crippen LogP contribution in [-0.4, -0.2) is 38.3 Å². The summed E-state index contributed by atoms with van der Waals surface area (Å²) in [6.45, 7) is 1.95. The molecule has 0 bridgehead atoms. The molecule has 0 saturated carbocycles. The molecule has 12 heavy (non-hydrogen) atoms. The van der Waals surface area contributed by atoms with E-state index in [0.717, 1.165) is 0 Å². The highest BCUT2D eigenvalue weighted by atomic mass is 32.2. The van der Waals surface area contributed by atoms with Crippen LogP contribution in [0.1, 0.15) is 13.3 Å². The maximum atomic E-state index is 11.1. The third-order valence-electron chi connectivity index (χ3n) is 1.84. The number of hydrogen-bond acceptors (Lipinski definition) is 4. The van der Waals surface area contributed by atoms with Gasteiger partial charge in [0.2, 0.25) is 0 Å². The second kappa shape index (κ2) is 3.53. The van der Waals surface area contributed by atoms with Crippen molar-refractivity contribution in [2.45, 2.75) is 19.4 Å². The molecule has 0 aliphatic carbocycles. The minimum atomic E-state index is -2.89. The third kappa shape index (κ3) is 2.91. The van der Waals surface area contributed by atoms with Gasteiger partial charge in [-0.15, -0.1) is 0 Å². The molecular formula is C7H13NO3S. The predicted molar refractivity (Wildman–Crippen MR) is 45.7 cm³/mol. The van der Waals surface area contributed by atoms with E-state index in [9.17, 15) is 13.2 Å². The van der Waals surface area contributed by atoms with Crippen molar-refractivity contribution in [1.82, 2.24) is 5.32 Å². The normalized spacial score (nSPS) is 28.2. The van der Waals surface area contributed by atoms with Crippen LogP contribution in [0, 0.1) is 0 Å². The highest BCUT2D eigenvalue weighted by molar-refractivity contribution is 7.91. The lowest BCUT2D eigenvalue weighted by Gasteiger charge is -2.22. The van der Waals surface area contributed by atoms with Crippen molar-refractivity contribution in [2.75, 3.05) is 18.1 Å². The number of sulfone groups is 1. The average molecular weight is 191 g/mol. The summed E-state index contributed by atoms with van der Waals surface area (Å²) >= 11 is 0. The average Bonchev–Trinajstić information content (AvgIpc) is 1.82. The van der Waals surface area contributed by atoms with Crippen molar-refractivity contribution in [3.63, 3.8) is 0 Å². The number of carbonyl (C=O) groups excluding carboxylic acids is 1. The van der Waals surface area contributed by atoms with Gasteiger partial charge in [-0.25, -0.2) is 8.42 Å². The first kappa shape index (κ1) is 9.67. The quantitative estimate of drug-likeness (QED) is 0.630. The first-order chi connectivity index (χ1) is 5.49. The Kier molecular flexibility index (Phi) is 2.85. The first-order valence-corrected chi connectivity index (χ1v) is 5.75. The Balaban J connectivity index is 2.53. The fourth-order valence-corrected chi connectivity index (χ4v) is 2.79. The second-order valence-electron chi connectivity index (χ2n) is 3.17. The van der Waals surface area contributed by atoms with Crippen molar-refractivity contribution in [1.29, 1.82) is 0 Å². The minimum absolute atomic E-state index is 0.0320. The molecule has 0 aromatic rings. The van der Waals surface area contributed by atoms with E-state index in [1.807, 2.05) is 0 Å². The Labute approximate surface area is 72.3 Å². The van der Waals surface area contributed by atoms with E-state index < -0.39 is 9.84 Å². The van der Waals surface area contributed by atoms with Gasteiger partial charge in [-0.05, 0) is 6.92 Å². The zero-order valence-corrected chi connectivity index (χ0v) is 7.86. The number of nitrogens with one attached hydrogen (secondary N) is 1. The number of hydrogen-bond donors (Lipinski definition) is 1. The van der Waals surface area contributed by atoms with Crippen molar-refractivity contribution in [3.8, 4) is 0 Å². The van der Waals surface area contributed by atoms with Crippen LogP contribution in [0.15, 0.2) is 0 Å². The molecule has 0 amide bonds. The van der Waals surface area contributed by atoms with E-state index in [-0.39, 0.29) is 23.3 Å². The summed E-state index contributed by atoms with van der Waals surface area (Å²) in [4.78, 5) is 10.7. The summed E-state index contributed by atoms with van der Waals surface area (Å²) in [5, 5.41) is 3.01. The molecule has 1 unspecified atom stereocenters. The Morgan fingerprint density at radius 1 is 1.58 bits per heavy atom. The zero-order valence-electron chi connectivity index (χ0n) is 7.04. The molecule has 0 aromatic carbocycles. The van der Waals surface area contributed by atoms with Crippen molar-refractivity contribution >= 4 is 15.6 Å². The maximum absolute atomic E-state index is 11.1. The summed E-state index contributed by atoms with van der Waals surface area (Å²) in [7, 11) is -2.89. The van der Waals surface area contributed by atoms with Crippen LogP contribution < -0.4 is 5.32 Å². The standard InChI is InChI=1S/C7H13NO3S/c1-6(9)4-7-5-12(10,11)3-2-8-7/h7-8H,2-5H2,1H3. The fourth-order valence-electron chi connectivity index (χ4n) is 1.35. The van der Waals surface area contributed by atoms with Gasteiger partial charge in [-0.2, -0.15) is 0 Å². The lowest BCUT2D eigenvalue weighted by Crippen LogP contribution is -2.45. The number of Topliss-reactive ketones (excluding diaryl/α,β-unsaturated/α-hetero) is 1. The van der Waals surface area contributed by atoms with E-state index >= 15 is 0 Å². The molecule has 0 aromatic heterocycles. The van der Waals surface area contributed by atoms with Crippen LogP contribution in [0.3, 0.4) is 0 Å². The van der Waals surface area contributed by atoms with Crippen molar-refractivity contribution in [3.05, 3.63) is 0 Å². The molecule has 0 radical (unpaired) electrons. The summed E-state index contributed by atoms with van der Waals surface area (Å²) in [6, 6.07) is -0.166. The molecule has 1 aliphatic rings. The molecule has 1 atom stereocenters. The lowest BCUT2D eigenvalue weighted by molar-refractivity contribution is -0.117. The van der Waals surface area contributed by atoms with Crippen LogP contribution in [0.25, 0.3) is 0 Å². The van der Waals surface area contributed by atoms with Crippen LogP contribution in [-0.2, 0) is 14.6 Å². The molecule has 4 nitrogen and oxygen atoms in total. The molecule has 5 heteroatoms. The number of rotatable bonds is 2. The second-order valence-corrected chi connectivity index (χ2v) is 5.40. The van der Waals surface area contributed by atoms with Crippen LogP contribution in [0.4, 0.5) is 0 Å². The van der Waals surface area contributed by atoms with E-state index in [4.69, 9.17) is 0 Å². The minimum Gasteiger partial charge on any atom is -0.312 e. The molecule has 70 valence electrons. The number of ketones is 1. The smallest absolute Gasteiger partial charge is 0.153 e. The SMILES string of the molecule is CC(=O)CC1CS(=O)(=O)CCN1. The Morgan fingerprint density at radius 2 is 2.25 bits per heavy atom. The van der Waals surface area contributed by atoms with Gasteiger partial charge in [0, 0.05) is 19.0 Å². The lowest BCUT2D eigenvalue weighted by atomic mass is 10.2. The molecular weight excluding hydrogens is 178 g/mol. The van der Waals surface area contributed by atoms with Crippen LogP contribution in [0.5, 0.6) is 0 Å². The summed E-state index contributed by atoms with van der Waals surface area (Å²) in [5.41, 5.74) is 0. The summed E-state index contributed by atoms with van der Waals surface area (Å²) in [5.74, 6) is 0.332. The predicted octanol–water partition coefficient (Wildman–Crippen LogP) is -0.648. The summed E-state index contributed by atoms with van der Waals surface area (Å²) < 4.78 is 22.2. The Bertz CT molecular complexity index is 270. The van der Waals surface area contributed by atoms with Crippen LogP contribution >= 0.6 is 0 Å². The van der Waals surface area contributed by atoms with Crippen molar-refractivity contribution < 1.29 is 13.2 Å². The van der Waals surface area contributed by atoms with Gasteiger partial charge in [0.05, 0.1) is 11.5 Å². The number of carbonyl (C=O) groups is 1. The maximum Gasteiger partial charge on any atom is 0.153 e. The summed E-state index contributed by atoms with van der Waals surface area (Å²) in [6.07, 6.45) is 0.319. The van der Waals surface area contributed by atoms with Gasteiger partial charge in [0.1, 0.15) is 5.78 Å². The molecule has 0 spiro atoms. The van der Waals surface area contributed by atoms with E-state index in [1.165, 1.54) is 6.92 Å². The van der Waals surface area contributed by atoms with Gasteiger partial charge in [-0.3, -0.25) is 4.79 Å². The molecule has 1 heterocycles.